The molecule has 22 heavy (non-hydrogen) atoms. The molecule has 118 valence electrons. The van der Waals surface area contributed by atoms with Crippen LogP contribution in [0.4, 0.5) is 13.2 Å². The van der Waals surface area contributed by atoms with E-state index in [4.69, 9.17) is 5.11 Å². The van der Waals surface area contributed by atoms with Crippen LogP contribution in [0.2, 0.25) is 0 Å². The van der Waals surface area contributed by atoms with Gasteiger partial charge in [0.15, 0.2) is 0 Å². The van der Waals surface area contributed by atoms with Gasteiger partial charge in [-0.05, 0) is 38.1 Å². The van der Waals surface area contributed by atoms with E-state index in [1.807, 2.05) is 13.8 Å². The van der Waals surface area contributed by atoms with Gasteiger partial charge in [0.05, 0.1) is 11.3 Å². The van der Waals surface area contributed by atoms with E-state index in [1.165, 1.54) is 12.3 Å². The molecule has 0 saturated carbocycles. The van der Waals surface area contributed by atoms with Crippen molar-refractivity contribution in [1.29, 1.82) is 0 Å². The van der Waals surface area contributed by atoms with Crippen molar-refractivity contribution in [2.24, 2.45) is 0 Å². The summed E-state index contributed by atoms with van der Waals surface area (Å²) in [4.78, 5) is 11.1. The monoisotopic (exact) mass is 314 g/mol. The third kappa shape index (κ3) is 3.57. The Labute approximate surface area is 123 Å². The number of benzene rings is 1. The molecule has 0 aliphatic heterocycles. The van der Waals surface area contributed by atoms with Crippen molar-refractivity contribution in [2.45, 2.75) is 26.3 Å². The van der Waals surface area contributed by atoms with Gasteiger partial charge in [-0.25, -0.2) is 4.79 Å². The summed E-state index contributed by atoms with van der Waals surface area (Å²) in [7, 11) is 0. The first-order valence-corrected chi connectivity index (χ1v) is 6.35. The first-order chi connectivity index (χ1) is 10.2. The molecule has 0 unspecified atom stereocenters. The van der Waals surface area contributed by atoms with E-state index in [9.17, 15) is 18.0 Å². The van der Waals surface area contributed by atoms with E-state index in [2.05, 4.69) is 9.84 Å². The number of aromatic nitrogens is 2. The van der Waals surface area contributed by atoms with Crippen molar-refractivity contribution >= 4 is 5.97 Å². The van der Waals surface area contributed by atoms with Crippen molar-refractivity contribution in [3.8, 4) is 17.0 Å². The van der Waals surface area contributed by atoms with Crippen molar-refractivity contribution in [2.75, 3.05) is 0 Å². The molecule has 0 bridgehead atoms. The minimum absolute atomic E-state index is 0.0366. The summed E-state index contributed by atoms with van der Waals surface area (Å²) in [6, 6.07) is 4.80. The fraction of sp³-hybridized carbons (Fsp3) is 0.286. The Morgan fingerprint density at radius 2 is 2.00 bits per heavy atom. The maximum Gasteiger partial charge on any atom is 0.573 e. The first-order valence-electron chi connectivity index (χ1n) is 6.35. The van der Waals surface area contributed by atoms with Gasteiger partial charge in [-0.15, -0.1) is 13.2 Å². The van der Waals surface area contributed by atoms with Crippen LogP contribution in [0, 0.1) is 0 Å². The van der Waals surface area contributed by atoms with Crippen molar-refractivity contribution in [3.63, 3.8) is 0 Å². The van der Waals surface area contributed by atoms with Crippen LogP contribution in [-0.2, 0) is 0 Å². The molecule has 1 N–H and O–H groups in total. The Morgan fingerprint density at radius 3 is 2.55 bits per heavy atom. The molecule has 8 heteroatoms. The number of carbonyl (C=O) groups is 1. The SMILES string of the molecule is CC(C)n1nccc1-c1cc(OC(F)(F)F)cc(C(=O)O)c1. The zero-order valence-corrected chi connectivity index (χ0v) is 11.8. The lowest BCUT2D eigenvalue weighted by Crippen LogP contribution is -2.17. The number of halogens is 3. The Morgan fingerprint density at radius 1 is 1.32 bits per heavy atom. The standard InChI is InChI=1S/C14H13F3N2O3/c1-8(2)19-12(3-4-18-19)9-5-10(13(20)21)7-11(6-9)22-14(15,16)17/h3-8H,1-2H3,(H,20,21). The minimum Gasteiger partial charge on any atom is -0.478 e. The molecule has 1 aromatic carbocycles. The summed E-state index contributed by atoms with van der Waals surface area (Å²) >= 11 is 0. The maximum atomic E-state index is 12.4. The number of aromatic carboxylic acids is 1. The molecular formula is C14H13F3N2O3. The molecule has 0 aliphatic carbocycles. The molecule has 0 radical (unpaired) electrons. The Balaban J connectivity index is 2.55. The van der Waals surface area contributed by atoms with E-state index < -0.39 is 18.1 Å². The van der Waals surface area contributed by atoms with Gasteiger partial charge in [0.25, 0.3) is 0 Å². The van der Waals surface area contributed by atoms with Gasteiger partial charge in [-0.1, -0.05) is 0 Å². The fourth-order valence-corrected chi connectivity index (χ4v) is 2.02. The highest BCUT2D eigenvalue weighted by Gasteiger charge is 2.31. The van der Waals surface area contributed by atoms with Gasteiger partial charge >= 0.3 is 12.3 Å². The van der Waals surface area contributed by atoms with E-state index in [0.717, 1.165) is 12.1 Å². The number of carboxylic acids is 1. The van der Waals surface area contributed by atoms with E-state index in [0.29, 0.717) is 5.69 Å². The predicted molar refractivity (Wildman–Crippen MR) is 71.7 cm³/mol. The number of rotatable bonds is 4. The lowest BCUT2D eigenvalue weighted by molar-refractivity contribution is -0.274. The number of hydrogen-bond acceptors (Lipinski definition) is 3. The second-order valence-corrected chi connectivity index (χ2v) is 4.85. The van der Waals surface area contributed by atoms with Crippen LogP contribution < -0.4 is 4.74 Å². The summed E-state index contributed by atoms with van der Waals surface area (Å²) in [5, 5.41) is 13.1. The minimum atomic E-state index is -4.90. The summed E-state index contributed by atoms with van der Waals surface area (Å²) in [5.74, 6) is -1.93. The highest BCUT2D eigenvalue weighted by molar-refractivity contribution is 5.90. The quantitative estimate of drug-likeness (QED) is 0.934. The molecule has 0 aliphatic rings. The second-order valence-electron chi connectivity index (χ2n) is 4.85. The number of carboxylic acid groups (broad SMARTS) is 1. The molecule has 0 saturated heterocycles. The summed E-state index contributed by atoms with van der Waals surface area (Å²) in [6.45, 7) is 3.70. The van der Waals surface area contributed by atoms with Gasteiger partial charge in [-0.3, -0.25) is 4.68 Å². The molecule has 1 aromatic heterocycles. The van der Waals surface area contributed by atoms with E-state index in [-0.39, 0.29) is 17.2 Å². The number of ether oxygens (including phenoxy) is 1. The zero-order chi connectivity index (χ0) is 16.5. The summed E-state index contributed by atoms with van der Waals surface area (Å²) in [6.07, 6.45) is -3.40. The number of nitrogens with zero attached hydrogens (tertiary/aromatic N) is 2. The highest BCUT2D eigenvalue weighted by Crippen LogP contribution is 2.30. The Bertz CT molecular complexity index is 693. The lowest BCUT2D eigenvalue weighted by Gasteiger charge is -2.14. The molecule has 0 fully saturated rings. The van der Waals surface area contributed by atoms with Crippen LogP contribution in [0.1, 0.15) is 30.2 Å². The van der Waals surface area contributed by atoms with Crippen LogP contribution in [0.5, 0.6) is 5.75 Å². The van der Waals surface area contributed by atoms with Crippen molar-refractivity contribution in [1.82, 2.24) is 9.78 Å². The molecule has 0 amide bonds. The van der Waals surface area contributed by atoms with Gasteiger partial charge in [0.2, 0.25) is 0 Å². The topological polar surface area (TPSA) is 64.4 Å². The van der Waals surface area contributed by atoms with Crippen LogP contribution in [0.25, 0.3) is 11.3 Å². The molecule has 2 aromatic rings. The van der Waals surface area contributed by atoms with Crippen LogP contribution in [-0.4, -0.2) is 27.2 Å². The molecule has 5 nitrogen and oxygen atoms in total. The summed E-state index contributed by atoms with van der Waals surface area (Å²) in [5.41, 5.74) is 0.490. The van der Waals surface area contributed by atoms with Gasteiger partial charge < -0.3 is 9.84 Å². The molecule has 0 atom stereocenters. The van der Waals surface area contributed by atoms with E-state index in [1.54, 1.807) is 10.7 Å². The largest absolute Gasteiger partial charge is 0.573 e. The molecular weight excluding hydrogens is 301 g/mol. The fourth-order valence-electron chi connectivity index (χ4n) is 2.02. The zero-order valence-electron chi connectivity index (χ0n) is 11.8. The Kier molecular flexibility index (Phi) is 4.11. The second kappa shape index (κ2) is 5.70. The smallest absolute Gasteiger partial charge is 0.478 e. The molecule has 2 rings (SSSR count). The first kappa shape index (κ1) is 15.9. The van der Waals surface area contributed by atoms with Gasteiger partial charge in [0, 0.05) is 17.8 Å². The number of alkyl halides is 3. The third-order valence-electron chi connectivity index (χ3n) is 2.84. The van der Waals surface area contributed by atoms with Gasteiger partial charge in [-0.2, -0.15) is 5.10 Å². The van der Waals surface area contributed by atoms with Crippen molar-refractivity contribution < 1.29 is 27.8 Å². The number of hydrogen-bond donors (Lipinski definition) is 1. The molecule has 0 spiro atoms. The van der Waals surface area contributed by atoms with Crippen LogP contribution in [0.3, 0.4) is 0 Å². The Hall–Kier alpha value is -2.51. The van der Waals surface area contributed by atoms with Crippen molar-refractivity contribution in [3.05, 3.63) is 36.0 Å². The lowest BCUT2D eigenvalue weighted by atomic mass is 10.1. The highest BCUT2D eigenvalue weighted by atomic mass is 19.4. The van der Waals surface area contributed by atoms with E-state index >= 15 is 0 Å². The molecule has 1 heterocycles. The summed E-state index contributed by atoms with van der Waals surface area (Å²) < 4.78 is 42.5. The van der Waals surface area contributed by atoms with Gasteiger partial charge in [0.1, 0.15) is 5.75 Å². The third-order valence-corrected chi connectivity index (χ3v) is 2.84. The average molecular weight is 314 g/mol. The normalized spacial score (nSPS) is 11.7. The van der Waals surface area contributed by atoms with Crippen LogP contribution in [0.15, 0.2) is 30.5 Å². The maximum absolute atomic E-state index is 12.4. The predicted octanol–water partition coefficient (Wildman–Crippen LogP) is 3.73. The van der Waals surface area contributed by atoms with Crippen LogP contribution >= 0.6 is 0 Å². The average Bonchev–Trinajstić information content (AvgIpc) is 2.85.